The zero-order chi connectivity index (χ0) is 23.8. The van der Waals surface area contributed by atoms with E-state index < -0.39 is 23.3 Å². The van der Waals surface area contributed by atoms with Gasteiger partial charge in [0, 0.05) is 22.7 Å². The number of aromatic nitrogens is 1. The Hall–Kier alpha value is -4.13. The molecule has 4 aromatic rings. The highest BCUT2D eigenvalue weighted by Gasteiger charge is 2.27. The predicted molar refractivity (Wildman–Crippen MR) is 128 cm³/mol. The Morgan fingerprint density at radius 1 is 1.03 bits per heavy atom. The van der Waals surface area contributed by atoms with Gasteiger partial charge in [-0.15, -0.1) is 0 Å². The quantitative estimate of drug-likeness (QED) is 0.172. The minimum absolute atomic E-state index is 0.0758. The van der Waals surface area contributed by atoms with E-state index in [1.165, 1.54) is 6.07 Å². The first-order valence-electron chi connectivity index (χ1n) is 11.2. The Kier molecular flexibility index (Phi) is 5.53. The number of pyridine rings is 1. The van der Waals surface area contributed by atoms with Crippen molar-refractivity contribution in [3.63, 3.8) is 0 Å². The van der Waals surface area contributed by atoms with Crippen molar-refractivity contribution in [2.75, 3.05) is 6.61 Å². The molecule has 1 atom stereocenters. The first kappa shape index (κ1) is 21.7. The lowest BCUT2D eigenvalue weighted by molar-refractivity contribution is -0.383. The van der Waals surface area contributed by atoms with E-state index >= 15 is 0 Å². The molecule has 0 amide bonds. The summed E-state index contributed by atoms with van der Waals surface area (Å²) < 4.78 is 5.53. The standard InChI is InChI=1S/C27H22N2O5/c1-16-12-13-23-21(14-16)26(20-6-2-3-10-22(20)28-23)27(31)34-15-25(30)19-9-4-8-18-17(19)7-5-11-24(18)29(32)33/h2-11,16H,12-15H2,1H3. The molecule has 1 heterocycles. The fraction of sp³-hybridized carbons (Fsp3) is 0.222. The van der Waals surface area contributed by atoms with E-state index in [1.807, 2.05) is 24.3 Å². The molecular weight excluding hydrogens is 432 g/mol. The van der Waals surface area contributed by atoms with Gasteiger partial charge in [-0.1, -0.05) is 49.4 Å². The molecule has 7 nitrogen and oxygen atoms in total. The van der Waals surface area contributed by atoms with Gasteiger partial charge in [0.25, 0.3) is 5.69 Å². The number of nitrogens with zero attached hydrogens (tertiary/aromatic N) is 2. The number of hydrogen-bond acceptors (Lipinski definition) is 6. The number of Topliss-reactive ketones (excluding diaryl/α,β-unsaturated/α-hetero) is 1. The van der Waals surface area contributed by atoms with Crippen molar-refractivity contribution in [1.82, 2.24) is 4.98 Å². The summed E-state index contributed by atoms with van der Waals surface area (Å²) in [6.07, 6.45) is 2.55. The van der Waals surface area contributed by atoms with Gasteiger partial charge < -0.3 is 4.74 Å². The van der Waals surface area contributed by atoms with Crippen molar-refractivity contribution < 1.29 is 19.2 Å². The number of ketones is 1. The molecule has 0 saturated heterocycles. The number of fused-ring (bicyclic) bond motifs is 3. The third-order valence-corrected chi connectivity index (χ3v) is 6.44. The predicted octanol–water partition coefficient (Wildman–Crippen LogP) is 5.46. The van der Waals surface area contributed by atoms with Crippen molar-refractivity contribution in [3.05, 3.63) is 93.2 Å². The molecular formula is C27H22N2O5. The third-order valence-electron chi connectivity index (χ3n) is 6.44. The monoisotopic (exact) mass is 454 g/mol. The van der Waals surface area contributed by atoms with Gasteiger partial charge in [-0.05, 0) is 48.3 Å². The van der Waals surface area contributed by atoms with Crippen LogP contribution in [0, 0.1) is 16.0 Å². The number of nitro benzene ring substituents is 1. The second kappa shape index (κ2) is 8.67. The summed E-state index contributed by atoms with van der Waals surface area (Å²) in [5.41, 5.74) is 3.23. The van der Waals surface area contributed by atoms with Crippen LogP contribution >= 0.6 is 0 Å². The zero-order valence-electron chi connectivity index (χ0n) is 18.6. The smallest absolute Gasteiger partial charge is 0.339 e. The largest absolute Gasteiger partial charge is 0.454 e. The molecule has 3 aromatic carbocycles. The molecule has 0 aliphatic heterocycles. The zero-order valence-corrected chi connectivity index (χ0v) is 18.6. The molecule has 0 radical (unpaired) electrons. The van der Waals surface area contributed by atoms with Crippen LogP contribution in [0.3, 0.4) is 0 Å². The number of hydrogen-bond donors (Lipinski definition) is 0. The molecule has 1 aliphatic carbocycles. The Morgan fingerprint density at radius 2 is 1.76 bits per heavy atom. The van der Waals surface area contributed by atoms with Crippen molar-refractivity contribution >= 4 is 39.1 Å². The van der Waals surface area contributed by atoms with Crippen LogP contribution in [-0.4, -0.2) is 28.3 Å². The van der Waals surface area contributed by atoms with Crippen LogP contribution in [0.25, 0.3) is 21.7 Å². The van der Waals surface area contributed by atoms with Gasteiger partial charge in [-0.3, -0.25) is 19.9 Å². The van der Waals surface area contributed by atoms with Crippen molar-refractivity contribution in [1.29, 1.82) is 0 Å². The van der Waals surface area contributed by atoms with Crippen LogP contribution in [0.1, 0.15) is 45.3 Å². The number of rotatable bonds is 5. The van der Waals surface area contributed by atoms with Crippen molar-refractivity contribution in [2.24, 2.45) is 5.92 Å². The van der Waals surface area contributed by atoms with Crippen LogP contribution < -0.4 is 0 Å². The van der Waals surface area contributed by atoms with Crippen molar-refractivity contribution in [2.45, 2.75) is 26.2 Å². The summed E-state index contributed by atoms with van der Waals surface area (Å²) in [5.74, 6) is -0.543. The molecule has 7 heteroatoms. The second-order valence-corrected chi connectivity index (χ2v) is 8.71. The summed E-state index contributed by atoms with van der Waals surface area (Å²) >= 11 is 0. The fourth-order valence-corrected chi connectivity index (χ4v) is 4.77. The summed E-state index contributed by atoms with van der Waals surface area (Å²) in [5, 5.41) is 12.9. The van der Waals surface area contributed by atoms with E-state index in [-0.39, 0.29) is 11.3 Å². The minimum atomic E-state index is -0.552. The first-order valence-corrected chi connectivity index (χ1v) is 11.2. The highest BCUT2D eigenvalue weighted by atomic mass is 16.6. The number of benzene rings is 3. The second-order valence-electron chi connectivity index (χ2n) is 8.71. The van der Waals surface area contributed by atoms with Crippen LogP contribution in [0.15, 0.2) is 60.7 Å². The lowest BCUT2D eigenvalue weighted by Gasteiger charge is -2.24. The summed E-state index contributed by atoms with van der Waals surface area (Å²) in [6.45, 7) is 1.69. The molecule has 1 aliphatic rings. The molecule has 34 heavy (non-hydrogen) atoms. The lowest BCUT2D eigenvalue weighted by Crippen LogP contribution is -2.21. The maximum atomic E-state index is 13.3. The Morgan fingerprint density at radius 3 is 2.59 bits per heavy atom. The molecule has 0 bridgehead atoms. The van der Waals surface area contributed by atoms with Crippen LogP contribution in [0.4, 0.5) is 5.69 Å². The molecule has 0 fully saturated rings. The van der Waals surface area contributed by atoms with E-state index in [2.05, 4.69) is 6.92 Å². The van der Waals surface area contributed by atoms with Crippen LogP contribution in [0.2, 0.25) is 0 Å². The molecule has 5 rings (SSSR count). The Labute approximate surface area is 195 Å². The van der Waals surface area contributed by atoms with E-state index in [0.717, 1.165) is 36.0 Å². The summed E-state index contributed by atoms with van der Waals surface area (Å²) in [6, 6.07) is 16.8. The molecule has 1 unspecified atom stereocenters. The molecule has 0 spiro atoms. The van der Waals surface area contributed by atoms with Crippen molar-refractivity contribution in [3.8, 4) is 0 Å². The average molecular weight is 454 g/mol. The SMILES string of the molecule is CC1CCc2nc3ccccc3c(C(=O)OCC(=O)c3cccc4c([N+](=O)[O-])cccc34)c2C1. The maximum absolute atomic E-state index is 13.3. The van der Waals surface area contributed by atoms with E-state index in [0.29, 0.717) is 27.6 Å². The highest BCUT2D eigenvalue weighted by molar-refractivity contribution is 6.12. The number of carbonyl (C=O) groups excluding carboxylic acids is 2. The van der Waals surface area contributed by atoms with Gasteiger partial charge in [-0.25, -0.2) is 4.79 Å². The number of carbonyl (C=O) groups is 2. The van der Waals surface area contributed by atoms with Gasteiger partial charge in [0.1, 0.15) is 0 Å². The number of para-hydroxylation sites is 1. The van der Waals surface area contributed by atoms with E-state index in [1.54, 1.807) is 30.3 Å². The topological polar surface area (TPSA) is 99.4 Å². The van der Waals surface area contributed by atoms with E-state index in [9.17, 15) is 19.7 Å². The summed E-state index contributed by atoms with van der Waals surface area (Å²) in [4.78, 5) is 42.0. The van der Waals surface area contributed by atoms with Gasteiger partial charge >= 0.3 is 5.97 Å². The molecule has 170 valence electrons. The summed E-state index contributed by atoms with van der Waals surface area (Å²) in [7, 11) is 0. The lowest BCUT2D eigenvalue weighted by atomic mass is 9.84. The minimum Gasteiger partial charge on any atom is -0.454 e. The Balaban J connectivity index is 1.47. The number of nitro groups is 1. The average Bonchev–Trinajstić information content (AvgIpc) is 2.84. The van der Waals surface area contributed by atoms with Gasteiger partial charge in [0.05, 0.1) is 21.4 Å². The van der Waals surface area contributed by atoms with Gasteiger partial charge in [0.15, 0.2) is 6.61 Å². The van der Waals surface area contributed by atoms with Crippen LogP contribution in [0.5, 0.6) is 0 Å². The number of aryl methyl sites for hydroxylation is 1. The highest BCUT2D eigenvalue weighted by Crippen LogP contribution is 2.32. The van der Waals surface area contributed by atoms with Gasteiger partial charge in [0.2, 0.25) is 5.78 Å². The third kappa shape index (κ3) is 3.79. The molecule has 0 saturated carbocycles. The number of ether oxygens (including phenoxy) is 1. The molecule has 0 N–H and O–H groups in total. The number of esters is 1. The maximum Gasteiger partial charge on any atom is 0.339 e. The number of non-ortho nitro benzene ring substituents is 1. The molecule has 1 aromatic heterocycles. The Bertz CT molecular complexity index is 1480. The fourth-order valence-electron chi connectivity index (χ4n) is 4.77. The van der Waals surface area contributed by atoms with Gasteiger partial charge in [-0.2, -0.15) is 0 Å². The van der Waals surface area contributed by atoms with Crippen LogP contribution in [-0.2, 0) is 17.6 Å². The normalized spacial score (nSPS) is 15.1. The van der Waals surface area contributed by atoms with E-state index in [4.69, 9.17) is 9.72 Å². The first-order chi connectivity index (χ1) is 16.4.